The Kier molecular flexibility index (Phi) is 8.13. The van der Waals surface area contributed by atoms with Gasteiger partial charge in [-0.1, -0.05) is 46.9 Å². The molecule has 0 unspecified atom stereocenters. The first-order valence-electron chi connectivity index (χ1n) is 11.1. The molecule has 0 amide bonds. The first-order chi connectivity index (χ1) is 16.0. The highest BCUT2D eigenvalue weighted by Gasteiger charge is 2.15. The number of nitrogens with one attached hydrogen (secondary N) is 1. The molecule has 7 heteroatoms. The van der Waals surface area contributed by atoms with Crippen LogP contribution in [0.2, 0.25) is 15.1 Å². The van der Waals surface area contributed by atoms with Gasteiger partial charge in [0.2, 0.25) is 0 Å². The zero-order valence-electron chi connectivity index (χ0n) is 18.5. The number of nitrogens with zero attached hydrogens (tertiary/aromatic N) is 1. The van der Waals surface area contributed by atoms with Crippen LogP contribution in [0.25, 0.3) is 0 Å². The summed E-state index contributed by atoms with van der Waals surface area (Å²) in [5, 5.41) is 5.47. The average molecular weight is 506 g/mol. The number of ether oxygens (including phenoxy) is 2. The van der Waals surface area contributed by atoms with Crippen molar-refractivity contribution >= 4 is 46.2 Å². The lowest BCUT2D eigenvalue weighted by Crippen LogP contribution is -2.29. The van der Waals surface area contributed by atoms with Crippen molar-refractivity contribution in [2.75, 3.05) is 30.4 Å². The first kappa shape index (κ1) is 23.9. The number of rotatable bonds is 8. The predicted octanol–water partition coefficient (Wildman–Crippen LogP) is 7.84. The molecule has 1 heterocycles. The summed E-state index contributed by atoms with van der Waals surface area (Å²) >= 11 is 19.1. The number of methoxy groups -OCH3 is 1. The van der Waals surface area contributed by atoms with Gasteiger partial charge < -0.3 is 19.7 Å². The van der Waals surface area contributed by atoms with E-state index >= 15 is 0 Å². The van der Waals surface area contributed by atoms with Gasteiger partial charge in [0.25, 0.3) is 0 Å². The molecule has 3 aromatic rings. The van der Waals surface area contributed by atoms with Crippen LogP contribution in [0.3, 0.4) is 0 Å². The zero-order chi connectivity index (χ0) is 23.2. The summed E-state index contributed by atoms with van der Waals surface area (Å²) in [5.41, 5.74) is 3.96. The van der Waals surface area contributed by atoms with Crippen molar-refractivity contribution in [3.8, 4) is 11.5 Å². The highest BCUT2D eigenvalue weighted by Crippen LogP contribution is 2.35. The lowest BCUT2D eigenvalue weighted by molar-refractivity contribution is 0.284. The predicted molar refractivity (Wildman–Crippen MR) is 139 cm³/mol. The zero-order valence-corrected chi connectivity index (χ0v) is 20.8. The molecule has 0 saturated carbocycles. The molecule has 4 nitrogen and oxygen atoms in total. The van der Waals surface area contributed by atoms with Gasteiger partial charge in [-0.3, -0.25) is 0 Å². The summed E-state index contributed by atoms with van der Waals surface area (Å²) < 4.78 is 11.5. The lowest BCUT2D eigenvalue weighted by Gasteiger charge is -2.29. The average Bonchev–Trinajstić information content (AvgIpc) is 2.83. The number of halogens is 3. The van der Waals surface area contributed by atoms with Crippen LogP contribution in [0.4, 0.5) is 11.4 Å². The van der Waals surface area contributed by atoms with E-state index < -0.39 is 0 Å². The Bertz CT molecular complexity index is 1080. The Morgan fingerprint density at radius 2 is 1.61 bits per heavy atom. The second-order valence-electron chi connectivity index (χ2n) is 8.08. The number of hydrogen-bond acceptors (Lipinski definition) is 4. The summed E-state index contributed by atoms with van der Waals surface area (Å²) in [5.74, 6) is 1.22. The summed E-state index contributed by atoms with van der Waals surface area (Å²) in [4.78, 5) is 2.36. The van der Waals surface area contributed by atoms with Crippen LogP contribution in [-0.4, -0.2) is 20.2 Å². The number of benzene rings is 3. The van der Waals surface area contributed by atoms with Crippen LogP contribution in [0.5, 0.6) is 11.5 Å². The highest BCUT2D eigenvalue weighted by molar-refractivity contribution is 6.33. The van der Waals surface area contributed by atoms with E-state index in [4.69, 9.17) is 44.3 Å². The number of hydrogen-bond donors (Lipinski definition) is 1. The van der Waals surface area contributed by atoms with Crippen LogP contribution in [0.15, 0.2) is 54.6 Å². The molecule has 0 bridgehead atoms. The van der Waals surface area contributed by atoms with Gasteiger partial charge in [0, 0.05) is 41.4 Å². The fraction of sp³-hybridized carbons (Fsp3) is 0.308. The smallest absolute Gasteiger partial charge is 0.163 e. The molecule has 174 valence electrons. The molecule has 1 N–H and O–H groups in total. The van der Waals surface area contributed by atoms with E-state index in [9.17, 15) is 0 Å². The van der Waals surface area contributed by atoms with Gasteiger partial charge in [0.15, 0.2) is 11.5 Å². The lowest BCUT2D eigenvalue weighted by atomic mass is 10.1. The normalized spacial score (nSPS) is 13.6. The van der Waals surface area contributed by atoms with E-state index in [1.165, 1.54) is 19.3 Å². The summed E-state index contributed by atoms with van der Waals surface area (Å²) in [6, 6.07) is 17.3. The van der Waals surface area contributed by atoms with Crippen LogP contribution in [-0.2, 0) is 13.2 Å². The molecule has 3 aromatic carbocycles. The molecule has 0 atom stereocenters. The van der Waals surface area contributed by atoms with Crippen molar-refractivity contribution in [3.63, 3.8) is 0 Å². The molecule has 4 rings (SSSR count). The van der Waals surface area contributed by atoms with E-state index in [2.05, 4.69) is 22.3 Å². The van der Waals surface area contributed by atoms with E-state index in [0.717, 1.165) is 40.6 Å². The fourth-order valence-electron chi connectivity index (χ4n) is 3.93. The van der Waals surface area contributed by atoms with Gasteiger partial charge in [0.05, 0.1) is 17.8 Å². The summed E-state index contributed by atoms with van der Waals surface area (Å²) in [7, 11) is 1.62. The van der Waals surface area contributed by atoms with E-state index in [0.29, 0.717) is 34.7 Å². The maximum atomic E-state index is 6.59. The molecule has 0 radical (unpaired) electrons. The van der Waals surface area contributed by atoms with Crippen LogP contribution in [0, 0.1) is 0 Å². The standard InChI is InChI=1S/C26H27Cl3N2O2/c1-32-25-13-19(22(28)15-26(25)33-17-18-5-7-20(27)8-6-18)16-30-21-9-10-24(23(29)14-21)31-11-3-2-4-12-31/h5-10,13-15,30H,2-4,11-12,16-17H2,1H3. The van der Waals surface area contributed by atoms with Crippen LogP contribution < -0.4 is 19.7 Å². The number of anilines is 2. The summed E-state index contributed by atoms with van der Waals surface area (Å²) in [6.07, 6.45) is 3.73. The Morgan fingerprint density at radius 1 is 0.848 bits per heavy atom. The van der Waals surface area contributed by atoms with E-state index in [1.54, 1.807) is 13.2 Å². The molecule has 0 spiro atoms. The Hall–Kier alpha value is -2.27. The van der Waals surface area contributed by atoms with Crippen LogP contribution >= 0.6 is 34.8 Å². The van der Waals surface area contributed by atoms with Crippen molar-refractivity contribution in [2.45, 2.75) is 32.4 Å². The van der Waals surface area contributed by atoms with Gasteiger partial charge in [-0.2, -0.15) is 0 Å². The largest absolute Gasteiger partial charge is 0.493 e. The first-order valence-corrected chi connectivity index (χ1v) is 12.2. The van der Waals surface area contributed by atoms with Gasteiger partial charge in [-0.15, -0.1) is 0 Å². The SMILES string of the molecule is COc1cc(CNc2ccc(N3CCCCC3)c(Cl)c2)c(Cl)cc1OCc1ccc(Cl)cc1. The Balaban J connectivity index is 1.41. The molecule has 1 aliphatic rings. The Morgan fingerprint density at radius 3 is 2.30 bits per heavy atom. The second kappa shape index (κ2) is 11.2. The minimum Gasteiger partial charge on any atom is -0.493 e. The molecule has 1 fully saturated rings. The fourth-order valence-corrected chi connectivity index (χ4v) is 4.58. The third kappa shape index (κ3) is 6.20. The second-order valence-corrected chi connectivity index (χ2v) is 9.33. The van der Waals surface area contributed by atoms with Crippen molar-refractivity contribution in [1.29, 1.82) is 0 Å². The van der Waals surface area contributed by atoms with E-state index in [-0.39, 0.29) is 0 Å². The van der Waals surface area contributed by atoms with Crippen molar-refractivity contribution in [3.05, 3.63) is 80.8 Å². The molecule has 1 aliphatic heterocycles. The highest BCUT2D eigenvalue weighted by atomic mass is 35.5. The quantitative estimate of drug-likeness (QED) is 0.338. The number of piperidine rings is 1. The molecular weight excluding hydrogens is 479 g/mol. The monoisotopic (exact) mass is 504 g/mol. The summed E-state index contributed by atoms with van der Waals surface area (Å²) in [6.45, 7) is 3.05. The third-order valence-corrected chi connectivity index (χ3v) is 6.67. The van der Waals surface area contributed by atoms with Crippen molar-refractivity contribution in [2.24, 2.45) is 0 Å². The van der Waals surface area contributed by atoms with Gasteiger partial charge in [0.1, 0.15) is 6.61 Å². The van der Waals surface area contributed by atoms with Gasteiger partial charge in [-0.05, 0) is 66.8 Å². The molecule has 1 saturated heterocycles. The molecular formula is C26H27Cl3N2O2. The van der Waals surface area contributed by atoms with Gasteiger partial charge in [-0.25, -0.2) is 0 Å². The minimum absolute atomic E-state index is 0.392. The van der Waals surface area contributed by atoms with Crippen molar-refractivity contribution < 1.29 is 9.47 Å². The Labute approximate surface area is 210 Å². The molecule has 0 aliphatic carbocycles. The minimum atomic E-state index is 0.392. The topological polar surface area (TPSA) is 33.7 Å². The third-order valence-electron chi connectivity index (χ3n) is 5.77. The van der Waals surface area contributed by atoms with Gasteiger partial charge >= 0.3 is 0 Å². The molecule has 0 aromatic heterocycles. The van der Waals surface area contributed by atoms with E-state index in [1.807, 2.05) is 36.4 Å². The maximum absolute atomic E-state index is 6.59. The molecule has 33 heavy (non-hydrogen) atoms. The maximum Gasteiger partial charge on any atom is 0.163 e. The van der Waals surface area contributed by atoms with Crippen LogP contribution in [0.1, 0.15) is 30.4 Å². The van der Waals surface area contributed by atoms with Crippen molar-refractivity contribution in [1.82, 2.24) is 0 Å².